The number of unbranched alkanes of at least 4 members (excludes halogenated alkanes) is 9. The molecule has 0 aliphatic carbocycles. The summed E-state index contributed by atoms with van der Waals surface area (Å²) in [6, 6.07) is 0. The van der Waals surface area contributed by atoms with Gasteiger partial charge in [-0.2, -0.15) is 5.26 Å². The Morgan fingerprint density at radius 3 is 1.75 bits per heavy atom. The van der Waals surface area contributed by atoms with E-state index in [1.807, 2.05) is 0 Å². The summed E-state index contributed by atoms with van der Waals surface area (Å²) in [6.07, 6.45) is 12.7. The van der Waals surface area contributed by atoms with Crippen molar-refractivity contribution < 1.29 is 14.9 Å². The second-order valence-electron chi connectivity index (χ2n) is 4.40. The first kappa shape index (κ1) is 15.4. The van der Waals surface area contributed by atoms with Crippen LogP contribution in [0.4, 0.5) is 0 Å². The molecule has 0 saturated heterocycles. The molecule has 0 aliphatic heterocycles. The molecule has 0 heterocycles. The lowest BCUT2D eigenvalue weighted by Crippen LogP contribution is -1.99. The Bertz CT molecular complexity index is 157. The fourth-order valence-electron chi connectivity index (χ4n) is 1.80. The van der Waals surface area contributed by atoms with E-state index in [1.165, 1.54) is 51.4 Å². The highest BCUT2D eigenvalue weighted by Gasteiger charge is 2.00. The van der Waals surface area contributed by atoms with Gasteiger partial charge in [-0.15, -0.1) is 0 Å². The molecule has 0 unspecified atom stereocenters. The second kappa shape index (κ2) is 12.5. The lowest BCUT2D eigenvalue weighted by atomic mass is 10.1. The van der Waals surface area contributed by atoms with E-state index >= 15 is 0 Å². The van der Waals surface area contributed by atoms with Gasteiger partial charge in [0.15, 0.2) is 0 Å². The standard InChI is InChI=1S/C13H26O3/c1-2-3-4-5-6-7-8-9-10-11-12-13(14)16-15/h15H,2-12H2,1H3. The highest BCUT2D eigenvalue weighted by molar-refractivity contribution is 5.68. The van der Waals surface area contributed by atoms with Gasteiger partial charge in [0.05, 0.1) is 0 Å². The van der Waals surface area contributed by atoms with E-state index < -0.39 is 5.97 Å². The van der Waals surface area contributed by atoms with Crippen molar-refractivity contribution >= 4 is 5.97 Å². The largest absolute Gasteiger partial charge is 0.342 e. The van der Waals surface area contributed by atoms with Crippen molar-refractivity contribution in [3.05, 3.63) is 0 Å². The molecule has 0 saturated carbocycles. The average molecular weight is 230 g/mol. The van der Waals surface area contributed by atoms with Gasteiger partial charge in [0, 0.05) is 6.42 Å². The van der Waals surface area contributed by atoms with Crippen molar-refractivity contribution in [1.29, 1.82) is 0 Å². The number of carbonyl (C=O) groups excluding carboxylic acids is 1. The molecule has 0 radical (unpaired) electrons. The molecule has 3 nitrogen and oxygen atoms in total. The Morgan fingerprint density at radius 2 is 1.31 bits per heavy atom. The summed E-state index contributed by atoms with van der Waals surface area (Å²) < 4.78 is 0. The van der Waals surface area contributed by atoms with Gasteiger partial charge in [0.1, 0.15) is 0 Å². The van der Waals surface area contributed by atoms with Crippen molar-refractivity contribution in [1.82, 2.24) is 0 Å². The van der Waals surface area contributed by atoms with E-state index in [9.17, 15) is 4.79 Å². The van der Waals surface area contributed by atoms with E-state index in [0.29, 0.717) is 6.42 Å². The fourth-order valence-corrected chi connectivity index (χ4v) is 1.80. The van der Waals surface area contributed by atoms with Gasteiger partial charge in [0.2, 0.25) is 0 Å². The molecular weight excluding hydrogens is 204 g/mol. The maximum absolute atomic E-state index is 10.6. The Morgan fingerprint density at radius 1 is 0.875 bits per heavy atom. The summed E-state index contributed by atoms with van der Waals surface area (Å²) in [4.78, 5) is 14.2. The molecule has 0 aromatic carbocycles. The highest BCUT2D eigenvalue weighted by atomic mass is 17.1. The zero-order valence-electron chi connectivity index (χ0n) is 10.5. The minimum atomic E-state index is -0.514. The zero-order chi connectivity index (χ0) is 12.1. The van der Waals surface area contributed by atoms with Crippen LogP contribution in [-0.2, 0) is 9.68 Å². The quantitative estimate of drug-likeness (QED) is 0.327. The molecule has 3 heteroatoms. The molecule has 0 rings (SSSR count). The van der Waals surface area contributed by atoms with Gasteiger partial charge >= 0.3 is 5.97 Å². The number of hydrogen-bond donors (Lipinski definition) is 1. The first-order valence-corrected chi connectivity index (χ1v) is 6.65. The molecule has 1 N–H and O–H groups in total. The predicted molar refractivity (Wildman–Crippen MR) is 65.2 cm³/mol. The van der Waals surface area contributed by atoms with Crippen LogP contribution in [0.15, 0.2) is 0 Å². The van der Waals surface area contributed by atoms with Crippen molar-refractivity contribution in [2.45, 2.75) is 77.6 Å². The second-order valence-corrected chi connectivity index (χ2v) is 4.40. The molecule has 0 spiro atoms. The Balaban J connectivity index is 2.96. The number of hydrogen-bond acceptors (Lipinski definition) is 3. The minimum Gasteiger partial charge on any atom is -0.301 e. The highest BCUT2D eigenvalue weighted by Crippen LogP contribution is 2.11. The van der Waals surface area contributed by atoms with Crippen LogP contribution in [0.2, 0.25) is 0 Å². The molecule has 0 aromatic rings. The van der Waals surface area contributed by atoms with Crippen LogP contribution < -0.4 is 0 Å². The summed E-state index contributed by atoms with van der Waals surface area (Å²) >= 11 is 0. The molecule has 0 amide bonds. The monoisotopic (exact) mass is 230 g/mol. The Kier molecular flexibility index (Phi) is 12.1. The first-order valence-electron chi connectivity index (χ1n) is 6.65. The topological polar surface area (TPSA) is 46.5 Å². The van der Waals surface area contributed by atoms with Gasteiger partial charge in [-0.1, -0.05) is 64.7 Å². The SMILES string of the molecule is CCCCCCCCCCCCC(=O)OO. The lowest BCUT2D eigenvalue weighted by Gasteiger charge is -2.01. The maximum Gasteiger partial charge on any atom is 0.342 e. The smallest absolute Gasteiger partial charge is 0.301 e. The Hall–Kier alpha value is -0.570. The first-order chi connectivity index (χ1) is 7.81. The lowest BCUT2D eigenvalue weighted by molar-refractivity contribution is -0.234. The molecule has 0 bridgehead atoms. The van der Waals surface area contributed by atoms with Crippen molar-refractivity contribution in [3.8, 4) is 0 Å². The van der Waals surface area contributed by atoms with E-state index in [4.69, 9.17) is 5.26 Å². The molecule has 96 valence electrons. The summed E-state index contributed by atoms with van der Waals surface area (Å²) in [7, 11) is 0. The van der Waals surface area contributed by atoms with Crippen molar-refractivity contribution in [2.75, 3.05) is 0 Å². The Labute approximate surface area is 99.1 Å². The predicted octanol–water partition coefficient (Wildman–Crippen LogP) is 4.31. The molecule has 16 heavy (non-hydrogen) atoms. The van der Waals surface area contributed by atoms with Crippen LogP contribution in [0.25, 0.3) is 0 Å². The molecule has 0 fully saturated rings. The van der Waals surface area contributed by atoms with Crippen LogP contribution in [0, 0.1) is 0 Å². The van der Waals surface area contributed by atoms with Crippen molar-refractivity contribution in [3.63, 3.8) is 0 Å². The van der Waals surface area contributed by atoms with Gasteiger partial charge < -0.3 is 4.89 Å². The van der Waals surface area contributed by atoms with E-state index in [-0.39, 0.29) is 0 Å². The third kappa shape index (κ3) is 11.5. The van der Waals surface area contributed by atoms with Gasteiger partial charge in [0.25, 0.3) is 0 Å². The molecular formula is C13H26O3. The average Bonchev–Trinajstić information content (AvgIpc) is 2.31. The third-order valence-corrected chi connectivity index (χ3v) is 2.84. The molecule has 0 aromatic heterocycles. The minimum absolute atomic E-state index is 0.340. The van der Waals surface area contributed by atoms with E-state index in [2.05, 4.69) is 11.8 Å². The third-order valence-electron chi connectivity index (χ3n) is 2.84. The fraction of sp³-hybridized carbons (Fsp3) is 0.923. The molecule has 0 aliphatic rings. The van der Waals surface area contributed by atoms with Gasteiger partial charge in [-0.25, -0.2) is 4.79 Å². The number of carbonyl (C=O) groups is 1. The van der Waals surface area contributed by atoms with Crippen LogP contribution in [0.3, 0.4) is 0 Å². The van der Waals surface area contributed by atoms with Crippen LogP contribution in [-0.4, -0.2) is 11.2 Å². The number of rotatable bonds is 11. The summed E-state index contributed by atoms with van der Waals surface area (Å²) in [5, 5.41) is 8.03. The summed E-state index contributed by atoms with van der Waals surface area (Å²) in [6.45, 7) is 2.23. The summed E-state index contributed by atoms with van der Waals surface area (Å²) in [5.41, 5.74) is 0. The normalized spacial score (nSPS) is 10.4. The summed E-state index contributed by atoms with van der Waals surface area (Å²) in [5.74, 6) is -0.514. The maximum atomic E-state index is 10.6. The van der Waals surface area contributed by atoms with Crippen LogP contribution in [0.5, 0.6) is 0 Å². The zero-order valence-corrected chi connectivity index (χ0v) is 10.5. The van der Waals surface area contributed by atoms with Gasteiger partial charge in [-0.05, 0) is 6.42 Å². The molecule has 0 atom stereocenters. The van der Waals surface area contributed by atoms with Crippen molar-refractivity contribution in [2.24, 2.45) is 0 Å². The van der Waals surface area contributed by atoms with Gasteiger partial charge in [-0.3, -0.25) is 0 Å². The van der Waals surface area contributed by atoms with Crippen LogP contribution in [0.1, 0.15) is 77.6 Å². The van der Waals surface area contributed by atoms with E-state index in [0.717, 1.165) is 12.8 Å². The van der Waals surface area contributed by atoms with Crippen LogP contribution >= 0.6 is 0 Å². The van der Waals surface area contributed by atoms with E-state index in [1.54, 1.807) is 0 Å².